The zero-order chi connectivity index (χ0) is 30.4. The summed E-state index contributed by atoms with van der Waals surface area (Å²) in [6.45, 7) is 8.43. The van der Waals surface area contributed by atoms with Crippen LogP contribution in [0, 0.1) is 6.92 Å². The molecule has 0 saturated carbocycles. The average Bonchev–Trinajstić information content (AvgIpc) is 3.01. The first-order chi connectivity index (χ1) is 20.7. The Labute approximate surface area is 259 Å². The Morgan fingerprint density at radius 2 is 1.51 bits per heavy atom. The molecule has 5 rings (SSSR count). The number of nitrogens with zero attached hydrogens (tertiary/aromatic N) is 2. The highest BCUT2D eigenvalue weighted by molar-refractivity contribution is 7.99. The SMILES string of the molecule is Cc1cc(-c2ccc(C(C)(C)C)cc2CCC(=O)ON=NC2CC(c3ccccc3)SC(c3ccccc3)C2)ccc1O. The zero-order valence-electron chi connectivity index (χ0n) is 25.4. The number of benzene rings is 4. The molecule has 1 N–H and O–H groups in total. The van der Waals surface area contributed by atoms with Crippen molar-refractivity contribution in [3.05, 3.63) is 125 Å². The number of aromatic hydroxyl groups is 1. The Morgan fingerprint density at radius 3 is 2.09 bits per heavy atom. The molecule has 2 unspecified atom stereocenters. The molecule has 2 atom stereocenters. The van der Waals surface area contributed by atoms with E-state index in [4.69, 9.17) is 4.84 Å². The van der Waals surface area contributed by atoms with Crippen LogP contribution in [0.1, 0.15) is 78.4 Å². The highest BCUT2D eigenvalue weighted by Gasteiger charge is 2.31. The van der Waals surface area contributed by atoms with E-state index in [1.54, 1.807) is 6.07 Å². The van der Waals surface area contributed by atoms with E-state index in [0.717, 1.165) is 35.1 Å². The minimum Gasteiger partial charge on any atom is -0.508 e. The molecule has 0 amide bonds. The third-order valence-electron chi connectivity index (χ3n) is 8.07. The van der Waals surface area contributed by atoms with E-state index >= 15 is 0 Å². The maximum Gasteiger partial charge on any atom is 0.337 e. The van der Waals surface area contributed by atoms with Crippen molar-refractivity contribution in [3.8, 4) is 16.9 Å². The summed E-state index contributed by atoms with van der Waals surface area (Å²) in [6.07, 6.45) is 2.39. The van der Waals surface area contributed by atoms with E-state index in [1.165, 1.54) is 16.7 Å². The van der Waals surface area contributed by atoms with Gasteiger partial charge in [-0.05, 0) is 82.7 Å². The summed E-state index contributed by atoms with van der Waals surface area (Å²) in [5, 5.41) is 19.1. The summed E-state index contributed by atoms with van der Waals surface area (Å²) in [4.78, 5) is 18.2. The Balaban J connectivity index is 1.27. The lowest BCUT2D eigenvalue weighted by Gasteiger charge is -2.32. The van der Waals surface area contributed by atoms with Crippen molar-refractivity contribution in [3.63, 3.8) is 0 Å². The molecular weight excluding hydrogens is 552 g/mol. The lowest BCUT2D eigenvalue weighted by atomic mass is 9.83. The second-order valence-electron chi connectivity index (χ2n) is 12.3. The molecule has 222 valence electrons. The molecular formula is C37H40N2O3S. The van der Waals surface area contributed by atoms with Gasteiger partial charge in [-0.15, -0.1) is 16.9 Å². The fourth-order valence-electron chi connectivity index (χ4n) is 5.55. The van der Waals surface area contributed by atoms with E-state index in [2.05, 4.69) is 97.9 Å². The van der Waals surface area contributed by atoms with Crippen molar-refractivity contribution in [2.75, 3.05) is 0 Å². The summed E-state index contributed by atoms with van der Waals surface area (Å²) in [7, 11) is 0. The van der Waals surface area contributed by atoms with Gasteiger partial charge in [-0.2, -0.15) is 0 Å². The van der Waals surface area contributed by atoms with Crippen LogP contribution in [-0.2, 0) is 21.5 Å². The summed E-state index contributed by atoms with van der Waals surface area (Å²) >= 11 is 1.97. The first-order valence-corrected chi connectivity index (χ1v) is 15.9. The van der Waals surface area contributed by atoms with Crippen LogP contribution in [0.15, 0.2) is 107 Å². The number of carbonyl (C=O) groups excluding carboxylic acids is 1. The molecule has 0 bridgehead atoms. The number of phenolic OH excluding ortho intramolecular Hbond substituents is 1. The van der Waals surface area contributed by atoms with Crippen LogP contribution in [0.2, 0.25) is 0 Å². The van der Waals surface area contributed by atoms with E-state index in [-0.39, 0.29) is 34.1 Å². The molecule has 4 aromatic carbocycles. The fraction of sp³-hybridized carbons (Fsp3) is 0.324. The normalized spacial score (nSPS) is 18.9. The third kappa shape index (κ3) is 7.94. The average molecular weight is 593 g/mol. The van der Waals surface area contributed by atoms with Crippen molar-refractivity contribution in [2.45, 2.75) is 75.3 Å². The molecule has 1 fully saturated rings. The van der Waals surface area contributed by atoms with Crippen LogP contribution in [0.4, 0.5) is 0 Å². The van der Waals surface area contributed by atoms with E-state index in [1.807, 2.05) is 43.0 Å². The summed E-state index contributed by atoms with van der Waals surface area (Å²) in [6, 6.07) is 33.0. The molecule has 6 heteroatoms. The van der Waals surface area contributed by atoms with Crippen molar-refractivity contribution < 1.29 is 14.7 Å². The second kappa shape index (κ2) is 13.6. The summed E-state index contributed by atoms with van der Waals surface area (Å²) in [5.41, 5.74) is 7.66. The molecule has 1 heterocycles. The topological polar surface area (TPSA) is 71.2 Å². The van der Waals surface area contributed by atoms with Gasteiger partial charge in [0.2, 0.25) is 0 Å². The molecule has 43 heavy (non-hydrogen) atoms. The maximum atomic E-state index is 12.8. The largest absolute Gasteiger partial charge is 0.508 e. The lowest BCUT2D eigenvalue weighted by Crippen LogP contribution is -2.19. The molecule has 0 aliphatic carbocycles. The van der Waals surface area contributed by atoms with Gasteiger partial charge in [0.25, 0.3) is 0 Å². The number of rotatable bonds is 8. The number of phenols is 1. The van der Waals surface area contributed by atoms with Gasteiger partial charge < -0.3 is 9.94 Å². The summed E-state index contributed by atoms with van der Waals surface area (Å²) in [5.74, 6) is -0.130. The van der Waals surface area contributed by atoms with Gasteiger partial charge in [-0.25, -0.2) is 4.79 Å². The number of hydrogen-bond acceptors (Lipinski definition) is 6. The first-order valence-electron chi connectivity index (χ1n) is 15.0. The molecule has 0 radical (unpaired) electrons. The van der Waals surface area contributed by atoms with Gasteiger partial charge in [-0.3, -0.25) is 0 Å². The molecule has 0 aromatic heterocycles. The van der Waals surface area contributed by atoms with Gasteiger partial charge in [-0.1, -0.05) is 106 Å². The van der Waals surface area contributed by atoms with Crippen molar-refractivity contribution >= 4 is 17.7 Å². The Morgan fingerprint density at radius 1 is 0.884 bits per heavy atom. The Bertz CT molecular complexity index is 1520. The minimum absolute atomic E-state index is 0.0274. The van der Waals surface area contributed by atoms with E-state index in [9.17, 15) is 9.90 Å². The van der Waals surface area contributed by atoms with Crippen LogP contribution in [-0.4, -0.2) is 17.1 Å². The van der Waals surface area contributed by atoms with Crippen molar-refractivity contribution in [1.29, 1.82) is 0 Å². The minimum atomic E-state index is -0.401. The van der Waals surface area contributed by atoms with Crippen LogP contribution < -0.4 is 0 Å². The van der Waals surface area contributed by atoms with Gasteiger partial charge in [0.15, 0.2) is 0 Å². The van der Waals surface area contributed by atoms with Crippen LogP contribution in [0.5, 0.6) is 5.75 Å². The monoisotopic (exact) mass is 592 g/mol. The molecule has 0 spiro atoms. The van der Waals surface area contributed by atoms with Crippen LogP contribution in [0.3, 0.4) is 0 Å². The molecule has 1 aliphatic heterocycles. The highest BCUT2D eigenvalue weighted by Crippen LogP contribution is 2.50. The number of carbonyl (C=O) groups is 1. The predicted octanol–water partition coefficient (Wildman–Crippen LogP) is 9.89. The van der Waals surface area contributed by atoms with Crippen LogP contribution in [0.25, 0.3) is 11.1 Å². The lowest BCUT2D eigenvalue weighted by molar-refractivity contribution is -0.144. The van der Waals surface area contributed by atoms with Gasteiger partial charge in [0, 0.05) is 15.8 Å². The maximum absolute atomic E-state index is 12.8. The van der Waals surface area contributed by atoms with E-state index < -0.39 is 5.97 Å². The zero-order valence-corrected chi connectivity index (χ0v) is 26.2. The van der Waals surface area contributed by atoms with Crippen molar-refractivity contribution in [2.24, 2.45) is 10.4 Å². The van der Waals surface area contributed by atoms with Crippen LogP contribution >= 0.6 is 11.8 Å². The summed E-state index contributed by atoms with van der Waals surface area (Å²) < 4.78 is 0. The first kappa shape index (κ1) is 30.6. The van der Waals surface area contributed by atoms with Gasteiger partial charge in [0.1, 0.15) is 5.75 Å². The highest BCUT2D eigenvalue weighted by atomic mass is 32.2. The smallest absolute Gasteiger partial charge is 0.337 e. The fourth-order valence-corrected chi connectivity index (χ4v) is 7.24. The van der Waals surface area contributed by atoms with Crippen molar-refractivity contribution in [1.82, 2.24) is 0 Å². The molecule has 5 nitrogen and oxygen atoms in total. The van der Waals surface area contributed by atoms with Gasteiger partial charge in [0.05, 0.1) is 12.5 Å². The van der Waals surface area contributed by atoms with Gasteiger partial charge >= 0.3 is 5.97 Å². The quantitative estimate of drug-likeness (QED) is 0.163. The Hall–Kier alpha value is -3.90. The molecule has 1 saturated heterocycles. The third-order valence-corrected chi connectivity index (χ3v) is 9.66. The molecule has 1 aliphatic rings. The van der Waals surface area contributed by atoms with E-state index in [0.29, 0.717) is 6.42 Å². The number of thioether (sulfide) groups is 1. The predicted molar refractivity (Wildman–Crippen MR) is 175 cm³/mol. The second-order valence-corrected chi connectivity index (χ2v) is 13.8. The standard InChI is InChI=1S/C37H40N2O3S/c1-25-21-28(15-19-33(25)40)32-18-17-30(37(2,3)4)22-29(32)16-20-36(41)42-39-38-31-23-34(26-11-7-5-8-12-26)43-35(24-31)27-13-9-6-10-14-27/h5-15,17-19,21-22,31,34-35,40H,16,20,23-24H2,1-4H3. The number of aryl methyl sites for hydroxylation is 2. The number of hydrogen-bond donors (Lipinski definition) is 1. The molecule has 4 aromatic rings. The Kier molecular flexibility index (Phi) is 9.66.